The van der Waals surface area contributed by atoms with Gasteiger partial charge in [0.1, 0.15) is 0 Å². The van der Waals surface area contributed by atoms with E-state index in [2.05, 4.69) is 32.2 Å². The zero-order valence-corrected chi connectivity index (χ0v) is 14.5. The van der Waals surface area contributed by atoms with Crippen molar-refractivity contribution in [3.8, 4) is 5.69 Å². The van der Waals surface area contributed by atoms with Gasteiger partial charge in [-0.25, -0.2) is 4.79 Å². The van der Waals surface area contributed by atoms with Gasteiger partial charge in [-0.2, -0.15) is 4.68 Å². The number of hydrogen-bond acceptors (Lipinski definition) is 4. The molecule has 0 radical (unpaired) electrons. The molecule has 0 spiro atoms. The molecule has 0 aliphatic heterocycles. The molecule has 1 aliphatic rings. The first-order chi connectivity index (χ1) is 12.2. The van der Waals surface area contributed by atoms with Crippen LogP contribution in [0.15, 0.2) is 42.0 Å². The van der Waals surface area contributed by atoms with Crippen LogP contribution in [0.3, 0.4) is 0 Å². The number of allylic oxidation sites excluding steroid dienone is 1. The molecule has 1 aliphatic carbocycles. The second kappa shape index (κ2) is 8.41. The van der Waals surface area contributed by atoms with Crippen molar-refractivity contribution < 1.29 is 4.79 Å². The number of nitrogens with one attached hydrogen (secondary N) is 2. The van der Waals surface area contributed by atoms with Crippen LogP contribution in [0.2, 0.25) is 0 Å². The average molecular weight is 340 g/mol. The highest BCUT2D eigenvalue weighted by Gasteiger charge is 2.17. The summed E-state index contributed by atoms with van der Waals surface area (Å²) in [4.78, 5) is 12.1. The van der Waals surface area contributed by atoms with Crippen molar-refractivity contribution in [3.05, 3.63) is 47.8 Å². The van der Waals surface area contributed by atoms with Gasteiger partial charge in [-0.1, -0.05) is 29.8 Å². The van der Waals surface area contributed by atoms with Crippen molar-refractivity contribution in [2.75, 3.05) is 6.54 Å². The van der Waals surface area contributed by atoms with Crippen LogP contribution in [0.1, 0.15) is 50.9 Å². The summed E-state index contributed by atoms with van der Waals surface area (Å²) in [6.07, 6.45) is 8.10. The van der Waals surface area contributed by atoms with E-state index in [1.807, 2.05) is 37.3 Å². The third-order valence-corrected chi connectivity index (χ3v) is 4.35. The number of aromatic nitrogens is 4. The topological polar surface area (TPSA) is 84.7 Å². The standard InChI is InChI=1S/C18H24N6O/c1-14(17-21-22-23-24(17)16-10-6-3-7-11-16)20-18(25)19-13-12-15-8-4-2-5-9-15/h3,6-8,10-11,14H,2,4-5,9,12-13H2,1H3,(H2,19,20,25)/t14-/m1/s1. The van der Waals surface area contributed by atoms with Gasteiger partial charge in [-0.05, 0) is 61.6 Å². The summed E-state index contributed by atoms with van der Waals surface area (Å²) in [5.41, 5.74) is 2.31. The summed E-state index contributed by atoms with van der Waals surface area (Å²) < 4.78 is 1.64. The van der Waals surface area contributed by atoms with E-state index in [4.69, 9.17) is 0 Å². The Morgan fingerprint density at radius 3 is 2.88 bits per heavy atom. The van der Waals surface area contributed by atoms with Crippen molar-refractivity contribution in [1.29, 1.82) is 0 Å². The first-order valence-corrected chi connectivity index (χ1v) is 8.80. The van der Waals surface area contributed by atoms with Gasteiger partial charge < -0.3 is 10.6 Å². The zero-order chi connectivity index (χ0) is 17.5. The van der Waals surface area contributed by atoms with Crippen molar-refractivity contribution >= 4 is 6.03 Å². The molecule has 0 bridgehead atoms. The summed E-state index contributed by atoms with van der Waals surface area (Å²) in [5, 5.41) is 17.6. The van der Waals surface area contributed by atoms with Gasteiger partial charge in [0.05, 0.1) is 11.7 Å². The Morgan fingerprint density at radius 2 is 2.12 bits per heavy atom. The summed E-state index contributed by atoms with van der Waals surface area (Å²) >= 11 is 0. The third-order valence-electron chi connectivity index (χ3n) is 4.35. The molecule has 132 valence electrons. The van der Waals surface area contributed by atoms with Crippen LogP contribution in [-0.2, 0) is 0 Å². The SMILES string of the molecule is C[C@@H](NC(=O)NCCC1=CCCCC1)c1nnnn1-c1ccccc1. The molecule has 1 aromatic heterocycles. The van der Waals surface area contributed by atoms with E-state index in [1.54, 1.807) is 4.68 Å². The van der Waals surface area contributed by atoms with Gasteiger partial charge >= 0.3 is 6.03 Å². The van der Waals surface area contributed by atoms with Crippen molar-refractivity contribution in [1.82, 2.24) is 30.8 Å². The van der Waals surface area contributed by atoms with E-state index in [0.29, 0.717) is 12.4 Å². The lowest BCUT2D eigenvalue weighted by Crippen LogP contribution is -2.38. The maximum absolute atomic E-state index is 12.1. The van der Waals surface area contributed by atoms with E-state index in [0.717, 1.165) is 18.5 Å². The Labute approximate surface area is 147 Å². The number of amides is 2. The first-order valence-electron chi connectivity index (χ1n) is 8.80. The second-order valence-electron chi connectivity index (χ2n) is 6.26. The predicted octanol–water partition coefficient (Wildman–Crippen LogP) is 2.91. The maximum atomic E-state index is 12.1. The minimum atomic E-state index is -0.302. The first kappa shape index (κ1) is 17.1. The molecule has 1 aromatic carbocycles. The number of carbonyl (C=O) groups is 1. The fourth-order valence-electron chi connectivity index (χ4n) is 3.00. The van der Waals surface area contributed by atoms with E-state index in [-0.39, 0.29) is 12.1 Å². The van der Waals surface area contributed by atoms with E-state index >= 15 is 0 Å². The van der Waals surface area contributed by atoms with Crippen LogP contribution >= 0.6 is 0 Å². The number of nitrogens with zero attached hydrogens (tertiary/aromatic N) is 4. The lowest BCUT2D eigenvalue weighted by Gasteiger charge is -2.16. The molecule has 2 aromatic rings. The number of benzene rings is 1. The van der Waals surface area contributed by atoms with Crippen molar-refractivity contribution in [2.24, 2.45) is 0 Å². The lowest BCUT2D eigenvalue weighted by molar-refractivity contribution is 0.237. The molecule has 25 heavy (non-hydrogen) atoms. The zero-order valence-electron chi connectivity index (χ0n) is 14.5. The summed E-state index contributed by atoms with van der Waals surface area (Å²) in [6.45, 7) is 2.52. The Bertz CT molecular complexity index is 724. The van der Waals surface area contributed by atoms with Crippen LogP contribution in [0.5, 0.6) is 0 Å². The highest BCUT2D eigenvalue weighted by atomic mass is 16.2. The van der Waals surface area contributed by atoms with E-state index < -0.39 is 0 Å². The van der Waals surface area contributed by atoms with Crippen molar-refractivity contribution in [3.63, 3.8) is 0 Å². The molecule has 7 nitrogen and oxygen atoms in total. The molecular weight excluding hydrogens is 316 g/mol. The molecule has 2 N–H and O–H groups in total. The Kier molecular flexibility index (Phi) is 5.77. The Hall–Kier alpha value is -2.70. The number of para-hydroxylation sites is 1. The van der Waals surface area contributed by atoms with E-state index in [9.17, 15) is 4.79 Å². The summed E-state index contributed by atoms with van der Waals surface area (Å²) in [6, 6.07) is 9.12. The molecule has 3 rings (SSSR count). The molecule has 0 saturated heterocycles. The molecule has 0 unspecified atom stereocenters. The summed E-state index contributed by atoms with van der Waals surface area (Å²) in [5.74, 6) is 0.594. The number of tetrazole rings is 1. The lowest BCUT2D eigenvalue weighted by atomic mass is 9.97. The molecule has 2 amide bonds. The van der Waals surface area contributed by atoms with Gasteiger partial charge in [-0.3, -0.25) is 0 Å². The monoisotopic (exact) mass is 340 g/mol. The largest absolute Gasteiger partial charge is 0.338 e. The van der Waals surface area contributed by atoms with Gasteiger partial charge in [0.2, 0.25) is 0 Å². The fourth-order valence-corrected chi connectivity index (χ4v) is 3.00. The number of carbonyl (C=O) groups excluding carboxylic acids is 1. The predicted molar refractivity (Wildman–Crippen MR) is 95.3 cm³/mol. The van der Waals surface area contributed by atoms with Gasteiger partial charge in [0, 0.05) is 6.54 Å². The second-order valence-corrected chi connectivity index (χ2v) is 6.26. The molecule has 7 heteroatoms. The van der Waals surface area contributed by atoms with Crippen molar-refractivity contribution in [2.45, 2.75) is 45.1 Å². The van der Waals surface area contributed by atoms with Gasteiger partial charge in [0.25, 0.3) is 0 Å². The number of rotatable bonds is 6. The highest BCUT2D eigenvalue weighted by molar-refractivity contribution is 5.74. The van der Waals surface area contributed by atoms with E-state index in [1.165, 1.54) is 24.8 Å². The quantitative estimate of drug-likeness (QED) is 0.792. The summed E-state index contributed by atoms with van der Waals surface area (Å²) in [7, 11) is 0. The van der Waals surface area contributed by atoms with Crippen LogP contribution < -0.4 is 10.6 Å². The van der Waals surface area contributed by atoms with Crippen LogP contribution in [0.25, 0.3) is 5.69 Å². The Morgan fingerprint density at radius 1 is 1.28 bits per heavy atom. The Balaban J connectivity index is 1.52. The fraction of sp³-hybridized carbons (Fsp3) is 0.444. The smallest absolute Gasteiger partial charge is 0.315 e. The number of hydrogen-bond donors (Lipinski definition) is 2. The number of urea groups is 1. The van der Waals surface area contributed by atoms with Crippen LogP contribution in [-0.4, -0.2) is 32.8 Å². The minimum absolute atomic E-state index is 0.202. The highest BCUT2D eigenvalue weighted by Crippen LogP contribution is 2.19. The van der Waals surface area contributed by atoms with Crippen LogP contribution in [0.4, 0.5) is 4.79 Å². The molecule has 1 atom stereocenters. The van der Waals surface area contributed by atoms with Crippen LogP contribution in [0, 0.1) is 0 Å². The average Bonchev–Trinajstić information content (AvgIpc) is 3.13. The third kappa shape index (κ3) is 4.65. The van der Waals surface area contributed by atoms with Gasteiger partial charge in [-0.15, -0.1) is 5.10 Å². The molecular formula is C18H24N6O. The maximum Gasteiger partial charge on any atom is 0.315 e. The normalized spacial score (nSPS) is 15.3. The molecule has 0 fully saturated rings. The molecule has 0 saturated carbocycles. The molecule has 1 heterocycles. The minimum Gasteiger partial charge on any atom is -0.338 e. The van der Waals surface area contributed by atoms with Gasteiger partial charge in [0.15, 0.2) is 5.82 Å².